The van der Waals surface area contributed by atoms with Crippen LogP contribution in [-0.2, 0) is 15.8 Å². The molecule has 0 aromatic heterocycles. The van der Waals surface area contributed by atoms with Crippen molar-refractivity contribution in [2.24, 2.45) is 0 Å². The number of nitrogens with one attached hydrogen (secondary N) is 2. The summed E-state index contributed by atoms with van der Waals surface area (Å²) in [6.07, 6.45) is 0. The van der Waals surface area contributed by atoms with Crippen LogP contribution in [0.15, 0.2) is 77.7 Å². The maximum absolute atomic E-state index is 12.9. The Morgan fingerprint density at radius 1 is 1.00 bits per heavy atom. The van der Waals surface area contributed by atoms with E-state index >= 15 is 0 Å². The Labute approximate surface area is 193 Å². The summed E-state index contributed by atoms with van der Waals surface area (Å²) < 4.78 is 33.7. The molecule has 8 heteroatoms. The van der Waals surface area contributed by atoms with Crippen molar-refractivity contribution >= 4 is 33.4 Å². The molecule has 2 N–H and O–H groups in total. The summed E-state index contributed by atoms with van der Waals surface area (Å²) in [6, 6.07) is 21.5. The molecule has 0 fully saturated rings. The molecule has 0 aliphatic rings. The summed E-state index contributed by atoms with van der Waals surface area (Å²) in [4.78, 5) is 12.5. The summed E-state index contributed by atoms with van der Waals surface area (Å²) in [5.41, 5.74) is 2.94. The van der Waals surface area contributed by atoms with E-state index in [9.17, 15) is 13.2 Å². The van der Waals surface area contributed by atoms with Gasteiger partial charge in [0.05, 0.1) is 7.11 Å². The molecular formula is C24H26N2O4S2. The van der Waals surface area contributed by atoms with Gasteiger partial charge >= 0.3 is 0 Å². The molecule has 32 heavy (non-hydrogen) atoms. The normalized spacial score (nSPS) is 11.1. The Bertz CT molecular complexity index is 1150. The van der Waals surface area contributed by atoms with Crippen molar-refractivity contribution in [2.45, 2.75) is 17.6 Å². The molecular weight excluding hydrogens is 444 g/mol. The monoisotopic (exact) mass is 470 g/mol. The van der Waals surface area contributed by atoms with Gasteiger partial charge in [-0.15, -0.1) is 0 Å². The fourth-order valence-corrected chi connectivity index (χ4v) is 5.04. The van der Waals surface area contributed by atoms with E-state index in [1.807, 2.05) is 37.3 Å². The van der Waals surface area contributed by atoms with E-state index in [1.165, 1.54) is 24.8 Å². The molecule has 3 rings (SSSR count). The summed E-state index contributed by atoms with van der Waals surface area (Å²) in [5.74, 6) is 1.45. The molecule has 0 aliphatic carbocycles. The Morgan fingerprint density at radius 3 is 2.41 bits per heavy atom. The van der Waals surface area contributed by atoms with Crippen molar-refractivity contribution in [2.75, 3.05) is 24.1 Å². The number of hydrogen-bond acceptors (Lipinski definition) is 5. The second-order valence-corrected chi connectivity index (χ2v) is 9.89. The zero-order valence-corrected chi connectivity index (χ0v) is 19.6. The van der Waals surface area contributed by atoms with E-state index in [1.54, 1.807) is 30.0 Å². The molecule has 1 amide bonds. The number of anilines is 1. The Kier molecular flexibility index (Phi) is 8.19. The molecule has 3 aromatic rings. The lowest BCUT2D eigenvalue weighted by atomic mass is 10.2. The third-order valence-corrected chi connectivity index (χ3v) is 7.10. The van der Waals surface area contributed by atoms with Gasteiger partial charge in [-0.3, -0.25) is 9.52 Å². The molecule has 0 radical (unpaired) electrons. The van der Waals surface area contributed by atoms with Crippen LogP contribution in [0.5, 0.6) is 5.75 Å². The predicted octanol–water partition coefficient (Wildman–Crippen LogP) is 4.47. The number of carbonyl (C=O) groups excluding carboxylic acids is 1. The molecule has 0 bridgehead atoms. The molecule has 168 valence electrons. The fraction of sp³-hybridized carbons (Fsp3) is 0.208. The number of methoxy groups -OCH3 is 1. The van der Waals surface area contributed by atoms with Crippen LogP contribution in [-0.4, -0.2) is 33.7 Å². The molecule has 0 unspecified atom stereocenters. The topological polar surface area (TPSA) is 84.5 Å². The van der Waals surface area contributed by atoms with Crippen LogP contribution in [0.3, 0.4) is 0 Å². The quantitative estimate of drug-likeness (QED) is 0.427. The van der Waals surface area contributed by atoms with Crippen LogP contribution < -0.4 is 14.8 Å². The van der Waals surface area contributed by atoms with Gasteiger partial charge in [-0.25, -0.2) is 8.42 Å². The second-order valence-electron chi connectivity index (χ2n) is 7.13. The third kappa shape index (κ3) is 6.51. The SMILES string of the molecule is COc1ccc(C(=O)NCCSCc2ccccc2)cc1S(=O)(=O)Nc1ccc(C)cc1. The maximum Gasteiger partial charge on any atom is 0.265 e. The van der Waals surface area contributed by atoms with Crippen LogP contribution >= 0.6 is 11.8 Å². The highest BCUT2D eigenvalue weighted by molar-refractivity contribution is 7.98. The van der Waals surface area contributed by atoms with Gasteiger partial charge < -0.3 is 10.1 Å². The lowest BCUT2D eigenvalue weighted by Gasteiger charge is -2.13. The lowest BCUT2D eigenvalue weighted by molar-refractivity contribution is 0.0956. The lowest BCUT2D eigenvalue weighted by Crippen LogP contribution is -2.26. The molecule has 0 atom stereocenters. The Hall–Kier alpha value is -2.97. The smallest absolute Gasteiger partial charge is 0.265 e. The van der Waals surface area contributed by atoms with Crippen LogP contribution in [0.4, 0.5) is 5.69 Å². The highest BCUT2D eigenvalue weighted by Gasteiger charge is 2.22. The first kappa shape index (κ1) is 23.7. The van der Waals surface area contributed by atoms with E-state index < -0.39 is 10.0 Å². The van der Waals surface area contributed by atoms with Crippen LogP contribution in [0.1, 0.15) is 21.5 Å². The van der Waals surface area contributed by atoms with Crippen molar-refractivity contribution in [1.82, 2.24) is 5.32 Å². The van der Waals surface area contributed by atoms with E-state index in [0.717, 1.165) is 17.1 Å². The van der Waals surface area contributed by atoms with Gasteiger partial charge in [0.2, 0.25) is 0 Å². The second kappa shape index (κ2) is 11.1. The van der Waals surface area contributed by atoms with E-state index in [4.69, 9.17) is 4.74 Å². The molecule has 0 saturated heterocycles. The highest BCUT2D eigenvalue weighted by Crippen LogP contribution is 2.27. The van der Waals surface area contributed by atoms with Crippen LogP contribution in [0.25, 0.3) is 0 Å². The van der Waals surface area contributed by atoms with Gasteiger partial charge in [0, 0.05) is 29.3 Å². The van der Waals surface area contributed by atoms with Crippen molar-refractivity contribution in [3.8, 4) is 5.75 Å². The number of hydrogen-bond donors (Lipinski definition) is 2. The molecule has 0 saturated carbocycles. The minimum Gasteiger partial charge on any atom is -0.495 e. The standard InChI is InChI=1S/C24H26N2O4S2/c1-18-8-11-21(12-9-18)26-32(28,29)23-16-20(10-13-22(23)30-2)24(27)25-14-15-31-17-19-6-4-3-5-7-19/h3-13,16,26H,14-15,17H2,1-2H3,(H,25,27). The molecule has 6 nitrogen and oxygen atoms in total. The van der Waals surface area contributed by atoms with Crippen molar-refractivity contribution < 1.29 is 17.9 Å². The van der Waals surface area contributed by atoms with Gasteiger partial charge in [-0.2, -0.15) is 11.8 Å². The first-order valence-electron chi connectivity index (χ1n) is 10.1. The number of aryl methyl sites for hydroxylation is 1. The predicted molar refractivity (Wildman–Crippen MR) is 130 cm³/mol. The largest absolute Gasteiger partial charge is 0.495 e. The molecule has 0 aliphatic heterocycles. The third-order valence-electron chi connectivity index (χ3n) is 4.66. The Balaban J connectivity index is 1.64. The number of thioether (sulfide) groups is 1. The number of benzene rings is 3. The fourth-order valence-electron chi connectivity index (χ4n) is 2.96. The van der Waals surface area contributed by atoms with Gasteiger partial charge in [0.15, 0.2) is 0 Å². The molecule has 3 aromatic carbocycles. The minimum absolute atomic E-state index is 0.0910. The summed E-state index contributed by atoms with van der Waals surface area (Å²) in [6.45, 7) is 2.40. The number of ether oxygens (including phenoxy) is 1. The van der Waals surface area contributed by atoms with E-state index in [2.05, 4.69) is 22.2 Å². The van der Waals surface area contributed by atoms with Gasteiger partial charge in [0.25, 0.3) is 15.9 Å². The Morgan fingerprint density at radius 2 is 1.72 bits per heavy atom. The average Bonchev–Trinajstić information content (AvgIpc) is 2.80. The summed E-state index contributed by atoms with van der Waals surface area (Å²) in [7, 11) is -2.55. The van der Waals surface area contributed by atoms with Crippen molar-refractivity contribution in [3.63, 3.8) is 0 Å². The number of rotatable bonds is 10. The van der Waals surface area contributed by atoms with Crippen molar-refractivity contribution in [1.29, 1.82) is 0 Å². The van der Waals surface area contributed by atoms with Gasteiger partial charge in [-0.1, -0.05) is 48.0 Å². The van der Waals surface area contributed by atoms with E-state index in [0.29, 0.717) is 12.2 Å². The first-order chi connectivity index (χ1) is 15.4. The van der Waals surface area contributed by atoms with Crippen LogP contribution in [0.2, 0.25) is 0 Å². The minimum atomic E-state index is -3.94. The number of carbonyl (C=O) groups is 1. The first-order valence-corrected chi connectivity index (χ1v) is 12.7. The summed E-state index contributed by atoms with van der Waals surface area (Å²) >= 11 is 1.72. The number of sulfonamides is 1. The van der Waals surface area contributed by atoms with E-state index in [-0.39, 0.29) is 22.1 Å². The number of amides is 1. The van der Waals surface area contributed by atoms with Crippen LogP contribution in [0, 0.1) is 6.92 Å². The summed E-state index contributed by atoms with van der Waals surface area (Å²) in [5, 5.41) is 2.84. The zero-order valence-electron chi connectivity index (χ0n) is 18.0. The van der Waals surface area contributed by atoms with Gasteiger partial charge in [-0.05, 0) is 42.8 Å². The zero-order chi connectivity index (χ0) is 23.0. The molecule has 0 spiro atoms. The molecule has 0 heterocycles. The highest BCUT2D eigenvalue weighted by atomic mass is 32.2. The average molecular weight is 471 g/mol. The maximum atomic E-state index is 12.9. The van der Waals surface area contributed by atoms with Gasteiger partial charge in [0.1, 0.15) is 10.6 Å². The van der Waals surface area contributed by atoms with Crippen molar-refractivity contribution in [3.05, 3.63) is 89.5 Å².